The van der Waals surface area contributed by atoms with E-state index < -0.39 is 11.7 Å². The van der Waals surface area contributed by atoms with E-state index in [0.717, 1.165) is 24.8 Å². The molecule has 2 N–H and O–H groups in total. The van der Waals surface area contributed by atoms with Crippen LogP contribution >= 0.6 is 0 Å². The zero-order chi connectivity index (χ0) is 16.4. The number of nitrogens with zero attached hydrogens (tertiary/aromatic N) is 1. The number of halogens is 1. The predicted molar refractivity (Wildman–Crippen MR) is 80.4 cm³/mol. The molecule has 122 valence electrons. The maximum absolute atomic E-state index is 13.0. The Labute approximate surface area is 132 Å². The van der Waals surface area contributed by atoms with Gasteiger partial charge in [-0.1, -0.05) is 19.1 Å². The molecular formula is C16H18FN3O3. The number of carbonyl (C=O) groups excluding carboxylic acids is 1. The van der Waals surface area contributed by atoms with Crippen LogP contribution in [0.4, 0.5) is 4.39 Å². The van der Waals surface area contributed by atoms with Crippen molar-refractivity contribution in [2.75, 3.05) is 6.54 Å². The molecule has 1 heterocycles. The highest BCUT2D eigenvalue weighted by Gasteiger charge is 2.41. The van der Waals surface area contributed by atoms with Crippen molar-refractivity contribution in [2.45, 2.75) is 26.2 Å². The second-order valence-electron chi connectivity index (χ2n) is 6.36. The van der Waals surface area contributed by atoms with E-state index in [9.17, 15) is 14.0 Å². The van der Waals surface area contributed by atoms with Gasteiger partial charge in [0.25, 0.3) is 5.91 Å². The number of nitrogens with one attached hydrogen (secondary N) is 2. The van der Waals surface area contributed by atoms with Gasteiger partial charge in [-0.25, -0.2) is 9.18 Å². The molecule has 23 heavy (non-hydrogen) atoms. The lowest BCUT2D eigenvalue weighted by Crippen LogP contribution is -2.39. The first-order chi connectivity index (χ1) is 11.0. The normalized spacial score (nSPS) is 16.8. The fourth-order valence-electron chi connectivity index (χ4n) is 2.89. The number of aromatic nitrogens is 2. The summed E-state index contributed by atoms with van der Waals surface area (Å²) >= 11 is 0. The van der Waals surface area contributed by atoms with E-state index in [1.54, 1.807) is 12.1 Å². The molecule has 1 atom stereocenters. The topological polar surface area (TPSA) is 88.0 Å². The molecule has 0 unspecified atom stereocenters. The molecule has 1 saturated carbocycles. The smallest absolute Gasteiger partial charge is 0.349 e. The van der Waals surface area contributed by atoms with Crippen molar-refractivity contribution in [1.82, 2.24) is 15.5 Å². The Morgan fingerprint density at radius 3 is 2.70 bits per heavy atom. The molecule has 0 bridgehead atoms. The Morgan fingerprint density at radius 2 is 2.13 bits per heavy atom. The summed E-state index contributed by atoms with van der Waals surface area (Å²) in [5, 5.41) is 6.17. The first kappa shape index (κ1) is 15.5. The number of rotatable bonds is 6. The molecule has 6 nitrogen and oxygen atoms in total. The maximum Gasteiger partial charge on any atom is 0.439 e. The van der Waals surface area contributed by atoms with Gasteiger partial charge < -0.3 is 5.32 Å². The molecular weight excluding hydrogens is 301 g/mol. The molecule has 0 radical (unpaired) electrons. The summed E-state index contributed by atoms with van der Waals surface area (Å²) in [4.78, 5) is 25.1. The van der Waals surface area contributed by atoms with Gasteiger partial charge in [0.15, 0.2) is 0 Å². The standard InChI is InChI=1S/C16H18FN3O3/c1-16(11-4-5-11,8-10-2-6-12(17)7-3-10)9-18-14(21)13-19-15(22)23-20-13/h2-3,6-7,11H,4-5,8-9H2,1H3,(H,18,21)(H,19,20,22)/t16-/m0/s1. The lowest BCUT2D eigenvalue weighted by atomic mass is 9.79. The van der Waals surface area contributed by atoms with Crippen LogP contribution in [0.5, 0.6) is 0 Å². The van der Waals surface area contributed by atoms with Crippen LogP contribution in [-0.4, -0.2) is 22.6 Å². The number of hydrogen-bond acceptors (Lipinski definition) is 4. The summed E-state index contributed by atoms with van der Waals surface area (Å²) in [5.74, 6) is -1.10. The molecule has 1 aromatic heterocycles. The minimum atomic E-state index is -0.758. The first-order valence-corrected chi connectivity index (χ1v) is 7.55. The molecule has 1 fully saturated rings. The highest BCUT2D eigenvalue weighted by molar-refractivity contribution is 5.90. The number of benzene rings is 1. The van der Waals surface area contributed by atoms with Crippen LogP contribution < -0.4 is 11.1 Å². The molecule has 1 aliphatic rings. The van der Waals surface area contributed by atoms with Crippen molar-refractivity contribution >= 4 is 5.91 Å². The third-order valence-corrected chi connectivity index (χ3v) is 4.39. The summed E-state index contributed by atoms with van der Waals surface area (Å²) in [6.45, 7) is 2.56. The van der Waals surface area contributed by atoms with Crippen LogP contribution in [0.1, 0.15) is 35.9 Å². The Kier molecular flexibility index (Phi) is 4.02. The maximum atomic E-state index is 13.0. The zero-order valence-electron chi connectivity index (χ0n) is 12.8. The van der Waals surface area contributed by atoms with Crippen LogP contribution in [0.15, 0.2) is 33.6 Å². The van der Waals surface area contributed by atoms with Gasteiger partial charge >= 0.3 is 5.76 Å². The second kappa shape index (κ2) is 5.98. The number of H-pyrrole nitrogens is 1. The monoisotopic (exact) mass is 319 g/mol. The molecule has 7 heteroatoms. The second-order valence-corrected chi connectivity index (χ2v) is 6.36. The lowest BCUT2D eigenvalue weighted by molar-refractivity contribution is 0.0913. The van der Waals surface area contributed by atoms with Crippen molar-refractivity contribution in [2.24, 2.45) is 11.3 Å². The summed E-state index contributed by atoms with van der Waals surface area (Å²) < 4.78 is 17.4. The summed E-state index contributed by atoms with van der Waals surface area (Å²) in [5.41, 5.74) is 0.905. The van der Waals surface area contributed by atoms with Gasteiger partial charge in [-0.15, -0.1) is 0 Å². The number of amides is 1. The van der Waals surface area contributed by atoms with Crippen molar-refractivity contribution < 1.29 is 13.7 Å². The van der Waals surface area contributed by atoms with Crippen molar-refractivity contribution in [3.8, 4) is 0 Å². The number of carbonyl (C=O) groups is 1. The van der Waals surface area contributed by atoms with Gasteiger partial charge in [-0.2, -0.15) is 0 Å². The molecule has 0 spiro atoms. The van der Waals surface area contributed by atoms with E-state index >= 15 is 0 Å². The molecule has 0 saturated heterocycles. The van der Waals surface area contributed by atoms with Gasteiger partial charge in [-0.05, 0) is 53.4 Å². The number of aromatic amines is 1. The molecule has 1 aliphatic carbocycles. The highest BCUT2D eigenvalue weighted by Crippen LogP contribution is 2.47. The Morgan fingerprint density at radius 1 is 1.43 bits per heavy atom. The largest absolute Gasteiger partial charge is 0.439 e. The number of hydrogen-bond donors (Lipinski definition) is 2. The van der Waals surface area contributed by atoms with E-state index in [0.29, 0.717) is 12.5 Å². The third-order valence-electron chi connectivity index (χ3n) is 4.39. The van der Waals surface area contributed by atoms with Gasteiger partial charge in [0.05, 0.1) is 0 Å². The predicted octanol–water partition coefficient (Wildman–Crippen LogP) is 1.89. The first-order valence-electron chi connectivity index (χ1n) is 7.55. The van der Waals surface area contributed by atoms with Crippen LogP contribution in [0, 0.1) is 17.2 Å². The van der Waals surface area contributed by atoms with Crippen molar-refractivity contribution in [1.29, 1.82) is 0 Å². The minimum Gasteiger partial charge on any atom is -0.349 e. The fraction of sp³-hybridized carbons (Fsp3) is 0.438. The van der Waals surface area contributed by atoms with E-state index in [4.69, 9.17) is 0 Å². The highest BCUT2D eigenvalue weighted by atomic mass is 19.1. The average molecular weight is 319 g/mol. The average Bonchev–Trinajstić information content (AvgIpc) is 3.30. The minimum absolute atomic E-state index is 0.127. The molecule has 0 aliphatic heterocycles. The summed E-state index contributed by atoms with van der Waals surface area (Å²) in [7, 11) is 0. The van der Waals surface area contributed by atoms with Crippen LogP contribution in [0.2, 0.25) is 0 Å². The van der Waals surface area contributed by atoms with Crippen LogP contribution in [0.3, 0.4) is 0 Å². The molecule has 3 rings (SSSR count). The van der Waals surface area contributed by atoms with Crippen molar-refractivity contribution in [3.05, 3.63) is 52.0 Å². The zero-order valence-corrected chi connectivity index (χ0v) is 12.8. The third kappa shape index (κ3) is 3.67. The Bertz CT molecular complexity index is 748. The van der Waals surface area contributed by atoms with Gasteiger partial charge in [0, 0.05) is 6.54 Å². The van der Waals surface area contributed by atoms with Crippen LogP contribution in [0.25, 0.3) is 0 Å². The lowest BCUT2D eigenvalue weighted by Gasteiger charge is -2.30. The Hall–Kier alpha value is -2.44. The molecule has 1 amide bonds. The van der Waals surface area contributed by atoms with Gasteiger partial charge in [-0.3, -0.25) is 14.3 Å². The van der Waals surface area contributed by atoms with Crippen LogP contribution in [-0.2, 0) is 6.42 Å². The molecule has 2 aromatic rings. The SMILES string of the molecule is C[C@@](CNC(=O)c1noc(=O)[nH]1)(Cc1ccc(F)cc1)C1CC1. The molecule has 1 aromatic carbocycles. The van der Waals surface area contributed by atoms with Gasteiger partial charge in [0.1, 0.15) is 5.82 Å². The van der Waals surface area contributed by atoms with E-state index in [-0.39, 0.29) is 17.1 Å². The van der Waals surface area contributed by atoms with E-state index in [2.05, 4.69) is 26.9 Å². The van der Waals surface area contributed by atoms with E-state index in [1.165, 1.54) is 12.1 Å². The Balaban J connectivity index is 1.67. The summed E-state index contributed by atoms with van der Waals surface area (Å²) in [6.07, 6.45) is 2.98. The van der Waals surface area contributed by atoms with E-state index in [1.807, 2.05) is 0 Å². The van der Waals surface area contributed by atoms with Gasteiger partial charge in [0.2, 0.25) is 5.82 Å². The van der Waals surface area contributed by atoms with Crippen molar-refractivity contribution in [3.63, 3.8) is 0 Å². The fourth-order valence-corrected chi connectivity index (χ4v) is 2.89. The summed E-state index contributed by atoms with van der Waals surface area (Å²) in [6, 6.07) is 6.43. The quantitative estimate of drug-likeness (QED) is 0.851.